The predicted octanol–water partition coefficient (Wildman–Crippen LogP) is 2.03. The van der Waals surface area contributed by atoms with Crippen molar-refractivity contribution in [3.63, 3.8) is 0 Å². The molecule has 3 fully saturated rings. The number of piperidine rings is 2. The van der Waals surface area contributed by atoms with Crippen LogP contribution >= 0.6 is 12.2 Å². The molecule has 0 spiro atoms. The molecule has 1 aliphatic carbocycles. The molecule has 4 nitrogen and oxygen atoms in total. The molecule has 3 rings (SSSR count). The zero-order valence-corrected chi connectivity index (χ0v) is 14.0. The largest absolute Gasteiger partial charge is 0.385 e. The summed E-state index contributed by atoms with van der Waals surface area (Å²) < 4.78 is 5.05. The van der Waals surface area contributed by atoms with Gasteiger partial charge >= 0.3 is 0 Å². The van der Waals surface area contributed by atoms with Gasteiger partial charge in [0, 0.05) is 44.4 Å². The summed E-state index contributed by atoms with van der Waals surface area (Å²) in [7, 11) is 1.74. The summed E-state index contributed by atoms with van der Waals surface area (Å²) in [6.45, 7) is 1.69. The number of ether oxygens (including phenoxy) is 1. The molecule has 120 valence electrons. The van der Waals surface area contributed by atoms with Crippen molar-refractivity contribution >= 4 is 17.3 Å². The molecule has 0 aromatic rings. The molecule has 0 radical (unpaired) electrons. The highest BCUT2D eigenvalue weighted by Gasteiger charge is 2.44. The number of rotatable bonds is 6. The highest BCUT2D eigenvalue weighted by Crippen LogP contribution is 2.41. The summed E-state index contributed by atoms with van der Waals surface area (Å²) in [4.78, 5) is 2.86. The van der Waals surface area contributed by atoms with Crippen molar-refractivity contribution in [2.24, 2.45) is 0 Å². The SMILES string of the molecule is COCCCNC(=S)NC1CC2CCCC(C1)N2C1CC1. The summed E-state index contributed by atoms with van der Waals surface area (Å²) in [6.07, 6.45) is 10.6. The number of nitrogens with zero attached hydrogens (tertiary/aromatic N) is 1. The van der Waals surface area contributed by atoms with Gasteiger partial charge in [-0.1, -0.05) is 6.42 Å². The van der Waals surface area contributed by atoms with Gasteiger partial charge in [0.25, 0.3) is 0 Å². The topological polar surface area (TPSA) is 36.5 Å². The molecule has 2 aliphatic heterocycles. The van der Waals surface area contributed by atoms with Gasteiger partial charge in [0.1, 0.15) is 0 Å². The Hall–Kier alpha value is -0.390. The van der Waals surface area contributed by atoms with Gasteiger partial charge in [-0.3, -0.25) is 4.90 Å². The third-order valence-electron chi connectivity index (χ3n) is 5.15. The van der Waals surface area contributed by atoms with Crippen LogP contribution in [0.4, 0.5) is 0 Å². The fourth-order valence-electron chi connectivity index (χ4n) is 4.16. The Morgan fingerprint density at radius 3 is 2.48 bits per heavy atom. The zero-order valence-electron chi connectivity index (χ0n) is 13.1. The van der Waals surface area contributed by atoms with Crippen LogP contribution in [0.25, 0.3) is 0 Å². The Balaban J connectivity index is 1.44. The van der Waals surface area contributed by atoms with E-state index < -0.39 is 0 Å². The summed E-state index contributed by atoms with van der Waals surface area (Å²) in [5.41, 5.74) is 0. The molecule has 2 N–H and O–H groups in total. The molecular weight excluding hydrogens is 282 g/mol. The lowest BCUT2D eigenvalue weighted by Gasteiger charge is -2.49. The lowest BCUT2D eigenvalue weighted by Crippen LogP contribution is -2.58. The van der Waals surface area contributed by atoms with Crippen molar-refractivity contribution in [2.75, 3.05) is 20.3 Å². The van der Waals surface area contributed by atoms with E-state index in [4.69, 9.17) is 17.0 Å². The third-order valence-corrected chi connectivity index (χ3v) is 5.41. The van der Waals surface area contributed by atoms with Crippen LogP contribution in [0.2, 0.25) is 0 Å². The smallest absolute Gasteiger partial charge is 0.166 e. The molecule has 2 heterocycles. The highest BCUT2D eigenvalue weighted by atomic mass is 32.1. The molecule has 0 amide bonds. The van der Waals surface area contributed by atoms with E-state index >= 15 is 0 Å². The highest BCUT2D eigenvalue weighted by molar-refractivity contribution is 7.80. The second kappa shape index (κ2) is 7.25. The zero-order chi connectivity index (χ0) is 14.7. The normalized spacial score (nSPS) is 32.7. The molecule has 3 aliphatic rings. The lowest BCUT2D eigenvalue weighted by molar-refractivity contribution is 0.0208. The Morgan fingerprint density at radius 2 is 1.86 bits per heavy atom. The molecule has 5 heteroatoms. The molecular formula is C16H29N3OS. The molecule has 0 aromatic heterocycles. The van der Waals surface area contributed by atoms with Crippen LogP contribution in [0.1, 0.15) is 51.4 Å². The minimum absolute atomic E-state index is 0.567. The van der Waals surface area contributed by atoms with E-state index in [0.29, 0.717) is 6.04 Å². The minimum atomic E-state index is 0.567. The van der Waals surface area contributed by atoms with Gasteiger partial charge in [0.2, 0.25) is 0 Å². The average molecular weight is 311 g/mol. The predicted molar refractivity (Wildman–Crippen MR) is 89.5 cm³/mol. The Kier molecular flexibility index (Phi) is 5.35. The average Bonchev–Trinajstić information content (AvgIpc) is 3.27. The number of fused-ring (bicyclic) bond motifs is 2. The first-order valence-electron chi connectivity index (χ1n) is 8.58. The van der Waals surface area contributed by atoms with Crippen molar-refractivity contribution < 1.29 is 4.74 Å². The van der Waals surface area contributed by atoms with E-state index in [1.165, 1.54) is 44.9 Å². The van der Waals surface area contributed by atoms with Gasteiger partial charge in [-0.05, 0) is 57.2 Å². The monoisotopic (exact) mass is 311 g/mol. The molecule has 2 saturated heterocycles. The second-order valence-corrected chi connectivity index (χ2v) is 7.24. The van der Waals surface area contributed by atoms with Crippen LogP contribution in [0.5, 0.6) is 0 Å². The number of thiocarbonyl (C=S) groups is 1. The van der Waals surface area contributed by atoms with Gasteiger partial charge < -0.3 is 15.4 Å². The first kappa shape index (κ1) is 15.5. The minimum Gasteiger partial charge on any atom is -0.385 e. The van der Waals surface area contributed by atoms with Crippen molar-refractivity contribution in [2.45, 2.75) is 75.5 Å². The fourth-order valence-corrected chi connectivity index (χ4v) is 4.43. The van der Waals surface area contributed by atoms with E-state index in [0.717, 1.165) is 42.8 Å². The maximum absolute atomic E-state index is 5.43. The summed E-state index contributed by atoms with van der Waals surface area (Å²) in [5.74, 6) is 0. The quantitative estimate of drug-likeness (QED) is 0.580. The van der Waals surface area contributed by atoms with Crippen molar-refractivity contribution in [1.82, 2.24) is 15.5 Å². The molecule has 21 heavy (non-hydrogen) atoms. The number of hydrogen-bond donors (Lipinski definition) is 2. The van der Waals surface area contributed by atoms with Crippen molar-refractivity contribution in [1.29, 1.82) is 0 Å². The van der Waals surface area contributed by atoms with E-state index in [1.54, 1.807) is 7.11 Å². The van der Waals surface area contributed by atoms with E-state index in [2.05, 4.69) is 15.5 Å². The van der Waals surface area contributed by atoms with Crippen LogP contribution in [0.3, 0.4) is 0 Å². The summed E-state index contributed by atoms with van der Waals surface area (Å²) in [6, 6.07) is 3.09. The van der Waals surface area contributed by atoms with Gasteiger partial charge in [-0.15, -0.1) is 0 Å². The Morgan fingerprint density at radius 1 is 1.14 bits per heavy atom. The Bertz CT molecular complexity index is 347. The van der Waals surface area contributed by atoms with Crippen molar-refractivity contribution in [3.05, 3.63) is 0 Å². The Labute approximate surface area is 134 Å². The lowest BCUT2D eigenvalue weighted by atomic mass is 9.81. The van der Waals surface area contributed by atoms with Crippen LogP contribution in [0, 0.1) is 0 Å². The fraction of sp³-hybridized carbons (Fsp3) is 0.938. The number of nitrogens with one attached hydrogen (secondary N) is 2. The van der Waals surface area contributed by atoms with Gasteiger partial charge in [0.15, 0.2) is 5.11 Å². The van der Waals surface area contributed by atoms with Crippen LogP contribution in [-0.2, 0) is 4.74 Å². The molecule has 1 saturated carbocycles. The summed E-state index contributed by atoms with van der Waals surface area (Å²) in [5, 5.41) is 7.69. The molecule has 2 atom stereocenters. The van der Waals surface area contributed by atoms with E-state index in [-0.39, 0.29) is 0 Å². The van der Waals surface area contributed by atoms with Crippen LogP contribution in [-0.4, -0.2) is 54.4 Å². The van der Waals surface area contributed by atoms with Crippen LogP contribution < -0.4 is 10.6 Å². The molecule has 0 aromatic carbocycles. The van der Waals surface area contributed by atoms with Gasteiger partial charge in [0.05, 0.1) is 0 Å². The summed E-state index contributed by atoms with van der Waals surface area (Å²) >= 11 is 5.43. The van der Waals surface area contributed by atoms with Crippen molar-refractivity contribution in [3.8, 4) is 0 Å². The maximum atomic E-state index is 5.43. The number of hydrogen-bond acceptors (Lipinski definition) is 3. The molecule has 2 bridgehead atoms. The third kappa shape index (κ3) is 4.08. The first-order chi connectivity index (χ1) is 10.3. The second-order valence-electron chi connectivity index (χ2n) is 6.83. The number of methoxy groups -OCH3 is 1. The van der Waals surface area contributed by atoms with Crippen LogP contribution in [0.15, 0.2) is 0 Å². The van der Waals surface area contributed by atoms with Gasteiger partial charge in [-0.2, -0.15) is 0 Å². The maximum Gasteiger partial charge on any atom is 0.166 e. The standard InChI is InChI=1S/C16H29N3OS/c1-20-9-3-8-17-16(21)18-12-10-14-4-2-5-15(11-12)19(14)13-6-7-13/h12-15H,2-11H2,1H3,(H2,17,18,21). The van der Waals surface area contributed by atoms with E-state index in [9.17, 15) is 0 Å². The van der Waals surface area contributed by atoms with E-state index in [1.807, 2.05) is 0 Å². The van der Waals surface area contributed by atoms with Gasteiger partial charge in [-0.25, -0.2) is 0 Å². The first-order valence-corrected chi connectivity index (χ1v) is 8.99. The molecule has 2 unspecified atom stereocenters.